The summed E-state index contributed by atoms with van der Waals surface area (Å²) >= 11 is 0. The van der Waals surface area contributed by atoms with Crippen LogP contribution in [0.15, 0.2) is 93.6 Å². The lowest BCUT2D eigenvalue weighted by Crippen LogP contribution is -2.24. The van der Waals surface area contributed by atoms with Crippen molar-refractivity contribution in [1.82, 2.24) is 4.57 Å². The van der Waals surface area contributed by atoms with Gasteiger partial charge in [0.1, 0.15) is 17.2 Å². The lowest BCUT2D eigenvalue weighted by molar-refractivity contribution is -0.116. The highest BCUT2D eigenvalue weighted by molar-refractivity contribution is 7.91. The molecule has 0 unspecified atom stereocenters. The molecule has 1 N–H and O–H groups in total. The first-order chi connectivity index (χ1) is 16.8. The molecule has 0 fully saturated rings. The van der Waals surface area contributed by atoms with Gasteiger partial charge in [0.15, 0.2) is 0 Å². The average molecular weight is 491 g/mol. The van der Waals surface area contributed by atoms with Gasteiger partial charge in [-0.3, -0.25) is 9.59 Å². The number of aromatic nitrogens is 1. The first-order valence-electron chi connectivity index (χ1n) is 11.3. The predicted molar refractivity (Wildman–Crippen MR) is 136 cm³/mol. The topological polar surface area (TPSA) is 94.5 Å². The molecule has 7 nitrogen and oxygen atoms in total. The Balaban J connectivity index is 1.84. The van der Waals surface area contributed by atoms with Gasteiger partial charge in [-0.15, -0.1) is 0 Å². The number of fused-ring (bicyclic) bond motifs is 1. The minimum atomic E-state index is -4.13. The highest BCUT2D eigenvalue weighted by atomic mass is 32.2. The summed E-state index contributed by atoms with van der Waals surface area (Å²) in [5.41, 5.74) is 1.40. The largest absolute Gasteiger partial charge is 0.494 e. The van der Waals surface area contributed by atoms with Crippen molar-refractivity contribution in [2.24, 2.45) is 0 Å². The Bertz CT molecular complexity index is 1530. The summed E-state index contributed by atoms with van der Waals surface area (Å²) in [5, 5.41) is 2.95. The quantitative estimate of drug-likeness (QED) is 0.394. The van der Waals surface area contributed by atoms with Gasteiger partial charge in [0, 0.05) is 11.9 Å². The molecule has 3 aromatic carbocycles. The zero-order valence-corrected chi connectivity index (χ0v) is 20.3. The number of nitrogens with zero attached hydrogens (tertiary/aromatic N) is 1. The molecule has 0 aliphatic heterocycles. The van der Waals surface area contributed by atoms with Gasteiger partial charge in [-0.05, 0) is 61.4 Å². The number of pyridine rings is 1. The summed E-state index contributed by atoms with van der Waals surface area (Å²) in [5.74, 6) is 0.0879. The van der Waals surface area contributed by atoms with E-state index in [0.29, 0.717) is 23.6 Å². The third-order valence-electron chi connectivity index (χ3n) is 5.63. The summed E-state index contributed by atoms with van der Waals surface area (Å²) in [6.07, 6.45) is 2.01. The van der Waals surface area contributed by atoms with Crippen molar-refractivity contribution >= 4 is 32.3 Å². The van der Waals surface area contributed by atoms with Crippen LogP contribution in [-0.4, -0.2) is 25.5 Å². The van der Waals surface area contributed by atoms with Crippen LogP contribution in [-0.2, 0) is 27.6 Å². The Labute approximate surface area is 203 Å². The summed E-state index contributed by atoms with van der Waals surface area (Å²) in [4.78, 5) is 25.8. The second-order valence-electron chi connectivity index (χ2n) is 7.98. The molecule has 0 aliphatic rings. The molecule has 180 valence electrons. The van der Waals surface area contributed by atoms with Gasteiger partial charge in [0.05, 0.1) is 22.4 Å². The van der Waals surface area contributed by atoms with Crippen LogP contribution in [0.2, 0.25) is 0 Å². The van der Waals surface area contributed by atoms with Crippen LogP contribution in [0.3, 0.4) is 0 Å². The van der Waals surface area contributed by atoms with E-state index in [-0.39, 0.29) is 22.7 Å². The molecular formula is C27H26N2O5S. The Hall–Kier alpha value is -3.91. The monoisotopic (exact) mass is 490 g/mol. The smallest absolute Gasteiger partial charge is 0.244 e. The van der Waals surface area contributed by atoms with E-state index in [1.165, 1.54) is 29.0 Å². The van der Waals surface area contributed by atoms with E-state index in [2.05, 4.69) is 5.32 Å². The normalized spacial score (nSPS) is 11.4. The summed E-state index contributed by atoms with van der Waals surface area (Å²) in [6.45, 7) is 4.00. The second-order valence-corrected chi connectivity index (χ2v) is 9.90. The van der Waals surface area contributed by atoms with Crippen LogP contribution in [0.25, 0.3) is 10.9 Å². The van der Waals surface area contributed by atoms with Crippen molar-refractivity contribution in [3.8, 4) is 5.75 Å². The molecule has 0 saturated heterocycles. The molecule has 1 heterocycles. The van der Waals surface area contributed by atoms with Crippen molar-refractivity contribution in [3.63, 3.8) is 0 Å². The number of carbonyl (C=O) groups is 1. The third-order valence-corrected chi connectivity index (χ3v) is 7.40. The van der Waals surface area contributed by atoms with Crippen LogP contribution < -0.4 is 15.5 Å². The number of rotatable bonds is 8. The SMILES string of the molecule is CCOc1ccc2c(c1)c(=O)c(S(=O)(=O)c1ccc(CC)cc1)cn2CC(=O)Nc1ccccc1. The van der Waals surface area contributed by atoms with E-state index in [1.807, 2.05) is 19.9 Å². The number of carbonyl (C=O) groups excluding carboxylic acids is 1. The zero-order chi connectivity index (χ0) is 25.0. The van der Waals surface area contributed by atoms with Gasteiger partial charge in [-0.25, -0.2) is 8.42 Å². The van der Waals surface area contributed by atoms with E-state index in [4.69, 9.17) is 4.74 Å². The van der Waals surface area contributed by atoms with E-state index < -0.39 is 20.2 Å². The molecular weight excluding hydrogens is 464 g/mol. The molecule has 1 amide bonds. The van der Waals surface area contributed by atoms with Gasteiger partial charge >= 0.3 is 0 Å². The molecule has 4 aromatic rings. The van der Waals surface area contributed by atoms with Crippen molar-refractivity contribution in [2.75, 3.05) is 11.9 Å². The molecule has 8 heteroatoms. The minimum Gasteiger partial charge on any atom is -0.494 e. The molecule has 4 rings (SSSR count). The zero-order valence-electron chi connectivity index (χ0n) is 19.5. The van der Waals surface area contributed by atoms with E-state index in [0.717, 1.165) is 12.0 Å². The predicted octanol–water partition coefficient (Wildman–Crippen LogP) is 4.43. The van der Waals surface area contributed by atoms with Crippen LogP contribution in [0.4, 0.5) is 5.69 Å². The van der Waals surface area contributed by atoms with E-state index in [9.17, 15) is 18.0 Å². The number of aryl methyl sites for hydroxylation is 1. The maximum atomic E-state index is 13.5. The lowest BCUT2D eigenvalue weighted by Gasteiger charge is -2.15. The number of sulfone groups is 1. The molecule has 0 atom stereocenters. The maximum absolute atomic E-state index is 13.5. The van der Waals surface area contributed by atoms with Crippen LogP contribution in [0, 0.1) is 0 Å². The van der Waals surface area contributed by atoms with E-state index in [1.54, 1.807) is 48.5 Å². The van der Waals surface area contributed by atoms with Crippen LogP contribution in [0.1, 0.15) is 19.4 Å². The second kappa shape index (κ2) is 10.1. The number of anilines is 1. The molecule has 0 radical (unpaired) electrons. The Kier molecular flexibility index (Phi) is 7.02. The lowest BCUT2D eigenvalue weighted by atomic mass is 10.2. The van der Waals surface area contributed by atoms with Crippen molar-refractivity contribution in [3.05, 3.63) is 94.8 Å². The Morgan fingerprint density at radius 2 is 1.69 bits per heavy atom. The van der Waals surface area contributed by atoms with Gasteiger partial charge in [0.2, 0.25) is 21.2 Å². The average Bonchev–Trinajstić information content (AvgIpc) is 2.86. The fourth-order valence-corrected chi connectivity index (χ4v) is 5.20. The van der Waals surface area contributed by atoms with Gasteiger partial charge < -0.3 is 14.6 Å². The van der Waals surface area contributed by atoms with Crippen molar-refractivity contribution in [2.45, 2.75) is 36.6 Å². The standard InChI is InChI=1S/C27H26N2O5S/c1-3-19-10-13-22(14-11-19)35(32,33)25-17-29(18-26(30)28-20-8-6-5-7-9-20)24-15-12-21(34-4-2)16-23(24)27(25)31/h5-17H,3-4,18H2,1-2H3,(H,28,30). The number of hydrogen-bond acceptors (Lipinski definition) is 5. The molecule has 0 saturated carbocycles. The number of amides is 1. The van der Waals surface area contributed by atoms with Crippen molar-refractivity contribution < 1.29 is 17.9 Å². The minimum absolute atomic E-state index is 0.0207. The maximum Gasteiger partial charge on any atom is 0.244 e. The van der Waals surface area contributed by atoms with Crippen molar-refractivity contribution in [1.29, 1.82) is 0 Å². The number of nitrogens with one attached hydrogen (secondary N) is 1. The van der Waals surface area contributed by atoms with E-state index >= 15 is 0 Å². The van der Waals surface area contributed by atoms with Gasteiger partial charge in [-0.2, -0.15) is 0 Å². The molecule has 1 aromatic heterocycles. The van der Waals surface area contributed by atoms with Gasteiger partial charge in [-0.1, -0.05) is 37.3 Å². The molecule has 0 spiro atoms. The first-order valence-corrected chi connectivity index (χ1v) is 12.8. The molecule has 35 heavy (non-hydrogen) atoms. The van der Waals surface area contributed by atoms with Crippen LogP contribution >= 0.6 is 0 Å². The Morgan fingerprint density at radius 3 is 2.34 bits per heavy atom. The molecule has 0 aliphatic carbocycles. The molecule has 0 bridgehead atoms. The summed E-state index contributed by atoms with van der Waals surface area (Å²) < 4.78 is 34.0. The van der Waals surface area contributed by atoms with Gasteiger partial charge in [0.25, 0.3) is 0 Å². The Morgan fingerprint density at radius 1 is 0.971 bits per heavy atom. The summed E-state index contributed by atoms with van der Waals surface area (Å²) in [7, 11) is -4.13. The fraction of sp³-hybridized carbons (Fsp3) is 0.185. The third kappa shape index (κ3) is 5.12. The highest BCUT2D eigenvalue weighted by Crippen LogP contribution is 2.24. The first kappa shape index (κ1) is 24.2. The number of para-hydroxylation sites is 1. The summed E-state index contributed by atoms with van der Waals surface area (Å²) in [6, 6.07) is 20.3. The van der Waals surface area contributed by atoms with Crippen LogP contribution in [0.5, 0.6) is 5.75 Å². The highest BCUT2D eigenvalue weighted by Gasteiger charge is 2.24. The number of hydrogen-bond donors (Lipinski definition) is 1. The number of benzene rings is 3. The number of ether oxygens (including phenoxy) is 1. The fourth-order valence-electron chi connectivity index (χ4n) is 3.84.